The second kappa shape index (κ2) is 45.8. The molecular formula is C97H106BBr2Cl3F2N16O11S3. The first-order chi connectivity index (χ1) is 64.2. The number of anilines is 2. The van der Waals surface area contributed by atoms with Gasteiger partial charge in [-0.25, -0.2) is 80.1 Å². The second-order valence-corrected chi connectivity index (χ2v) is 42.4. The number of fused-ring (bicyclic) bond motifs is 4. The lowest BCUT2D eigenvalue weighted by Crippen LogP contribution is -2.41. The maximum atomic E-state index is 13.5. The van der Waals surface area contributed by atoms with Crippen LogP contribution in [-0.4, -0.2) is 144 Å². The summed E-state index contributed by atoms with van der Waals surface area (Å²) in [5.41, 5.74) is 33.9. The minimum atomic E-state index is -3.69. The minimum absolute atomic E-state index is 0.0564. The van der Waals surface area contributed by atoms with Crippen LogP contribution in [0.4, 0.5) is 20.7 Å². The van der Waals surface area contributed by atoms with Gasteiger partial charge in [-0.15, -0.1) is 0 Å². The number of pyridine rings is 3. The SMILES string of the molecule is CCc1cc(-c2ccc(CS(=O)(=O)c3ccccc3Cl)nc2OC)cc2cnc(F)nc12.CCc1cc(-c2ccc(CS(=O)(=O)c3ccccc3Cl)nc2OC)cc2cnc(NC3CCC(N)CC3)nc12.CCc1cc(Br)cc2cnc(F)nc12.CCc1cc(Br)cc2cnc(N)nc12.COc1nc(CS(=O)(=O)c2ccccc2Cl)ccc1B1OC(C)(C)C(C)(C)O1.NC1CCC(N)CC1. The molecule has 0 unspecified atom stereocenters. The van der Waals surface area contributed by atoms with Crippen molar-refractivity contribution >= 4 is 164 Å². The number of nitrogens with zero attached hydrogens (tertiary/aromatic N) is 11. The summed E-state index contributed by atoms with van der Waals surface area (Å²) in [5, 5.41) is 7.50. The first-order valence-electron chi connectivity index (χ1n) is 43.7. The number of sulfone groups is 3. The standard InChI is InChI=1S/C29H32ClN5O3S.C23H19ClFN3O3S.C19H23BClNO5S.C10H8BrFN2.C10H10BrN3.C6H14N2/c1-3-18-14-19(15-20-16-32-29(35-27(18)20)34-22-10-8-21(31)9-11-22)24-13-12-23(33-28(24)38-2)17-39(36,37)26-7-5-4-6-25(26)30;1-3-14-10-15(11-16-12-26-23(25)28-21(14)16)18-9-8-17(27-22(18)31-2)13-32(29,30)20-7-5-4-6-19(20)24;1-18(2)19(3,4)27-20(26-18)14-11-10-13(22-17(14)25-5)12-28(23,24)16-9-7-6-8-15(16)21;2*1-2-6-3-8(11)4-7-5-13-10(12)14-9(6)7;7-5-1-2-6(8)4-3-5/h4-7,12-16,21-22H,3,8-11,17,31H2,1-2H3,(H,32,34,35);4-12H,3,13H2,1-2H3;6-11H,12H2,1-5H3;3-5H,2H2,1H3;3-5H,2H2,1H3,(H2,12,13,14);5-6H,1-4,7-8H2. The zero-order chi connectivity index (χ0) is 97.4. The molecule has 2 saturated carbocycles. The number of benzene rings is 7. The van der Waals surface area contributed by atoms with Gasteiger partial charge in [0.05, 0.1) is 119 Å². The van der Waals surface area contributed by atoms with E-state index in [2.05, 4.69) is 113 Å². The van der Waals surface area contributed by atoms with E-state index in [1.165, 1.54) is 63.6 Å². The van der Waals surface area contributed by atoms with Crippen molar-refractivity contribution in [1.29, 1.82) is 0 Å². The van der Waals surface area contributed by atoms with E-state index >= 15 is 0 Å². The van der Waals surface area contributed by atoms with Crippen LogP contribution in [0, 0.1) is 12.2 Å². The predicted molar refractivity (Wildman–Crippen MR) is 537 cm³/mol. The Morgan fingerprint density at radius 3 is 1.15 bits per heavy atom. The molecule has 1 aliphatic heterocycles. The molecule has 135 heavy (non-hydrogen) atoms. The minimum Gasteiger partial charge on any atom is -0.481 e. The van der Waals surface area contributed by atoms with Crippen LogP contribution in [0.15, 0.2) is 206 Å². The van der Waals surface area contributed by atoms with Crippen molar-refractivity contribution in [3.05, 3.63) is 258 Å². The topological polar surface area (TPSA) is 406 Å². The van der Waals surface area contributed by atoms with Crippen molar-refractivity contribution in [3.63, 3.8) is 0 Å². The fraction of sp³-hybridized carbons (Fsp3) is 0.330. The number of nitrogens with two attached hydrogens (primary N) is 4. The van der Waals surface area contributed by atoms with Crippen LogP contribution in [0.2, 0.25) is 15.1 Å². The van der Waals surface area contributed by atoms with Crippen LogP contribution in [0.25, 0.3) is 65.9 Å². The zero-order valence-electron chi connectivity index (χ0n) is 76.4. The summed E-state index contributed by atoms with van der Waals surface area (Å²) in [7, 11) is -7.20. The molecule has 38 heteroatoms. The summed E-state index contributed by atoms with van der Waals surface area (Å²) < 4.78 is 134. The van der Waals surface area contributed by atoms with Gasteiger partial charge in [0.2, 0.25) is 29.5 Å². The van der Waals surface area contributed by atoms with Crippen molar-refractivity contribution in [1.82, 2.24) is 54.8 Å². The molecule has 0 bridgehead atoms. The number of hydrogen-bond donors (Lipinski definition) is 5. The molecule has 7 aromatic carbocycles. The van der Waals surface area contributed by atoms with E-state index in [0.717, 1.165) is 140 Å². The highest BCUT2D eigenvalue weighted by molar-refractivity contribution is 9.10. The highest BCUT2D eigenvalue weighted by Gasteiger charge is 2.53. The normalized spacial score (nSPS) is 16.3. The van der Waals surface area contributed by atoms with E-state index in [1.54, 1.807) is 85.1 Å². The Labute approximate surface area is 817 Å². The van der Waals surface area contributed by atoms with Crippen LogP contribution in [0.3, 0.4) is 0 Å². The summed E-state index contributed by atoms with van der Waals surface area (Å²) in [5.74, 6) is 0.949. The van der Waals surface area contributed by atoms with E-state index in [9.17, 15) is 34.0 Å². The molecule has 0 amide bonds. The van der Waals surface area contributed by atoms with E-state index in [1.807, 2.05) is 90.2 Å². The summed E-state index contributed by atoms with van der Waals surface area (Å²) in [6, 6.07) is 46.6. The van der Waals surface area contributed by atoms with Crippen LogP contribution >= 0.6 is 66.7 Å². The van der Waals surface area contributed by atoms with Gasteiger partial charge >= 0.3 is 19.3 Å². The zero-order valence-corrected chi connectivity index (χ0v) is 84.3. The lowest BCUT2D eigenvalue weighted by atomic mass is 9.79. The Morgan fingerprint density at radius 1 is 0.430 bits per heavy atom. The van der Waals surface area contributed by atoms with Crippen molar-refractivity contribution in [2.24, 2.45) is 17.2 Å². The van der Waals surface area contributed by atoms with Crippen molar-refractivity contribution in [2.45, 2.75) is 200 Å². The van der Waals surface area contributed by atoms with E-state index in [4.69, 9.17) is 86.2 Å². The molecular weight excluding hydrogens is 1980 g/mol. The first kappa shape index (κ1) is 104. The average Bonchev–Trinajstić information content (AvgIpc) is 1.62. The van der Waals surface area contributed by atoms with Crippen molar-refractivity contribution in [2.75, 3.05) is 32.4 Å². The smallest absolute Gasteiger partial charge is 0.481 e. The number of nitrogen functional groups attached to an aromatic ring is 1. The third-order valence-electron chi connectivity index (χ3n) is 23.4. The highest BCUT2D eigenvalue weighted by Crippen LogP contribution is 2.40. The molecule has 7 aromatic heterocycles. The van der Waals surface area contributed by atoms with Gasteiger partial charge in [0.25, 0.3) is 0 Å². The number of aromatic nitrogens is 11. The van der Waals surface area contributed by atoms with E-state index in [-0.39, 0.29) is 64.8 Å². The average molecular weight is 2080 g/mol. The molecule has 2 aliphatic carbocycles. The fourth-order valence-corrected chi connectivity index (χ4v) is 22.1. The Morgan fingerprint density at radius 2 is 0.763 bits per heavy atom. The van der Waals surface area contributed by atoms with Gasteiger partial charge in [0.1, 0.15) is 0 Å². The maximum Gasteiger partial charge on any atom is 0.500 e. The van der Waals surface area contributed by atoms with Gasteiger partial charge in [0, 0.05) is 96.0 Å². The molecule has 0 atom stereocenters. The fourth-order valence-electron chi connectivity index (χ4n) is 15.5. The molecule has 3 fully saturated rings. The summed E-state index contributed by atoms with van der Waals surface area (Å²) >= 11 is 25.1. The van der Waals surface area contributed by atoms with Crippen molar-refractivity contribution in [3.8, 4) is 39.9 Å². The molecule has 27 nitrogen and oxygen atoms in total. The molecule has 710 valence electrons. The van der Waals surface area contributed by atoms with Gasteiger partial charge in [0.15, 0.2) is 29.5 Å². The van der Waals surface area contributed by atoms with Crippen LogP contribution in [-0.2, 0) is 81.8 Å². The lowest BCUT2D eigenvalue weighted by molar-refractivity contribution is 0.00578. The largest absolute Gasteiger partial charge is 0.500 e. The summed E-state index contributed by atoms with van der Waals surface area (Å²) in [6.45, 7) is 16.0. The van der Waals surface area contributed by atoms with Gasteiger partial charge in [-0.05, 0) is 253 Å². The number of nitrogens with one attached hydrogen (secondary N) is 1. The maximum absolute atomic E-state index is 13.5. The number of aryl methyl sites for hydroxylation is 4. The van der Waals surface area contributed by atoms with Gasteiger partial charge < -0.3 is 51.8 Å². The third-order valence-corrected chi connectivity index (χ3v) is 30.8. The molecule has 3 aliphatic rings. The van der Waals surface area contributed by atoms with E-state index in [0.29, 0.717) is 86.9 Å². The van der Waals surface area contributed by atoms with Crippen LogP contribution in [0.1, 0.15) is 146 Å². The van der Waals surface area contributed by atoms with Gasteiger partial charge in [-0.1, -0.05) is 137 Å². The first-order valence-corrected chi connectivity index (χ1v) is 51.4. The Balaban J connectivity index is 0.000000155. The molecule has 0 radical (unpaired) electrons. The number of rotatable bonds is 21. The molecule has 8 heterocycles. The molecule has 14 aromatic rings. The number of halogens is 7. The van der Waals surface area contributed by atoms with Crippen LogP contribution < -0.4 is 47.9 Å². The molecule has 9 N–H and O–H groups in total. The molecule has 0 spiro atoms. The monoisotopic (exact) mass is 2080 g/mol. The Kier molecular flexibility index (Phi) is 35.2. The predicted octanol–water partition coefficient (Wildman–Crippen LogP) is 19.5. The second-order valence-electron chi connectivity index (χ2n) is 33.5. The summed E-state index contributed by atoms with van der Waals surface area (Å²) in [6.07, 6.45) is 16.8. The quantitative estimate of drug-likeness (QED) is 0.0329. The summed E-state index contributed by atoms with van der Waals surface area (Å²) in [4.78, 5) is 46.0. The lowest BCUT2D eigenvalue weighted by Gasteiger charge is -2.32. The third kappa shape index (κ3) is 26.4. The molecule has 1 saturated heterocycles. The number of ether oxygens (including phenoxy) is 3. The molecule has 17 rings (SSSR count). The highest BCUT2D eigenvalue weighted by atomic mass is 79.9. The van der Waals surface area contributed by atoms with Crippen molar-refractivity contribution < 1.29 is 57.6 Å². The Hall–Kier alpha value is -10.2. The van der Waals surface area contributed by atoms with Crippen LogP contribution in [0.5, 0.6) is 17.6 Å². The Bertz CT molecular complexity index is 6870. The number of hydrogen-bond acceptors (Lipinski definition) is 27. The van der Waals surface area contributed by atoms with E-state index < -0.39 is 60.0 Å². The van der Waals surface area contributed by atoms with Gasteiger partial charge in [-0.3, -0.25) is 0 Å². The number of methoxy groups -OCH3 is 3. The van der Waals surface area contributed by atoms with Gasteiger partial charge in [-0.2, -0.15) is 8.78 Å².